The Kier molecular flexibility index (Phi) is 2.85. The molecule has 2 aliphatic carbocycles. The average Bonchev–Trinajstić information content (AvgIpc) is 2.99. The van der Waals surface area contributed by atoms with Crippen molar-refractivity contribution in [1.29, 1.82) is 0 Å². The molecule has 88 valence electrons. The highest BCUT2D eigenvalue weighted by Gasteiger charge is 2.64. The Morgan fingerprint density at radius 2 is 1.60 bits per heavy atom. The lowest BCUT2D eigenvalue weighted by Crippen LogP contribution is -2.32. The van der Waals surface area contributed by atoms with Gasteiger partial charge in [-0.25, -0.2) is 0 Å². The van der Waals surface area contributed by atoms with Crippen LogP contribution in [0.2, 0.25) is 0 Å². The van der Waals surface area contributed by atoms with Gasteiger partial charge in [0.2, 0.25) is 0 Å². The van der Waals surface area contributed by atoms with E-state index in [0.717, 1.165) is 19.0 Å². The van der Waals surface area contributed by atoms with Crippen molar-refractivity contribution in [2.45, 2.75) is 46.6 Å². The fourth-order valence-electron chi connectivity index (χ4n) is 2.64. The molecule has 2 aliphatic rings. The van der Waals surface area contributed by atoms with Crippen LogP contribution in [0.1, 0.15) is 40.5 Å². The van der Waals surface area contributed by atoms with Crippen LogP contribution in [0.5, 0.6) is 0 Å². The highest BCUT2D eigenvalue weighted by atomic mass is 15.1. The van der Waals surface area contributed by atoms with Gasteiger partial charge in [0.1, 0.15) is 0 Å². The first-order valence-electron chi connectivity index (χ1n) is 6.40. The molecule has 0 aromatic heterocycles. The molecule has 2 saturated carbocycles. The van der Waals surface area contributed by atoms with Gasteiger partial charge in [-0.15, -0.1) is 0 Å². The lowest BCUT2D eigenvalue weighted by atomic mass is 10.0. The summed E-state index contributed by atoms with van der Waals surface area (Å²) in [5.41, 5.74) is 0.951. The first kappa shape index (κ1) is 11.4. The molecule has 0 spiro atoms. The summed E-state index contributed by atoms with van der Waals surface area (Å²) in [5.74, 6) is 0.999. The standard InChI is InChI=1S/C13H26N2/c1-12(2)11(13(12,3)4)15-8-7-14-9-10-5-6-10/h10-11,14-15H,5-9H2,1-4H3. The lowest BCUT2D eigenvalue weighted by Gasteiger charge is -2.07. The minimum absolute atomic E-state index is 0.476. The zero-order chi connectivity index (χ0) is 11.1. The van der Waals surface area contributed by atoms with E-state index in [9.17, 15) is 0 Å². The molecule has 0 aromatic rings. The van der Waals surface area contributed by atoms with Gasteiger partial charge < -0.3 is 10.6 Å². The molecule has 0 radical (unpaired) electrons. The zero-order valence-electron chi connectivity index (χ0n) is 10.7. The van der Waals surface area contributed by atoms with E-state index in [-0.39, 0.29) is 0 Å². The Hall–Kier alpha value is -0.0800. The SMILES string of the molecule is CC1(C)C(NCCNCC2CC2)C1(C)C. The minimum atomic E-state index is 0.476. The van der Waals surface area contributed by atoms with Gasteiger partial charge in [-0.05, 0) is 36.1 Å². The van der Waals surface area contributed by atoms with E-state index >= 15 is 0 Å². The van der Waals surface area contributed by atoms with E-state index in [0.29, 0.717) is 16.9 Å². The Bertz CT molecular complexity index is 215. The molecule has 2 heteroatoms. The van der Waals surface area contributed by atoms with Crippen molar-refractivity contribution >= 4 is 0 Å². The number of rotatable bonds is 6. The summed E-state index contributed by atoms with van der Waals surface area (Å²) in [6.07, 6.45) is 2.90. The van der Waals surface area contributed by atoms with Crippen molar-refractivity contribution in [2.24, 2.45) is 16.7 Å². The molecule has 0 bridgehead atoms. The Morgan fingerprint density at radius 3 is 2.07 bits per heavy atom. The molecule has 0 aliphatic heterocycles. The molecule has 2 fully saturated rings. The number of hydrogen-bond donors (Lipinski definition) is 2. The van der Waals surface area contributed by atoms with E-state index in [1.54, 1.807) is 0 Å². The second-order valence-electron chi connectivity index (χ2n) is 6.48. The van der Waals surface area contributed by atoms with Crippen LogP contribution in [-0.2, 0) is 0 Å². The van der Waals surface area contributed by atoms with E-state index in [4.69, 9.17) is 0 Å². The molecule has 2 nitrogen and oxygen atoms in total. The largest absolute Gasteiger partial charge is 0.315 e. The molecule has 0 unspecified atom stereocenters. The molecule has 0 amide bonds. The second kappa shape index (κ2) is 3.74. The third-order valence-corrected chi connectivity index (χ3v) is 4.80. The van der Waals surface area contributed by atoms with Crippen LogP contribution in [0.25, 0.3) is 0 Å². The fourth-order valence-corrected chi connectivity index (χ4v) is 2.64. The molecule has 0 aromatic carbocycles. The quantitative estimate of drug-likeness (QED) is 0.655. The van der Waals surface area contributed by atoms with Crippen LogP contribution in [0.3, 0.4) is 0 Å². The molecule has 0 saturated heterocycles. The zero-order valence-corrected chi connectivity index (χ0v) is 10.7. The summed E-state index contributed by atoms with van der Waals surface area (Å²) in [7, 11) is 0. The summed E-state index contributed by atoms with van der Waals surface area (Å²) in [4.78, 5) is 0. The Labute approximate surface area is 94.2 Å². The highest BCUT2D eigenvalue weighted by Crippen LogP contribution is 2.62. The summed E-state index contributed by atoms with van der Waals surface area (Å²) >= 11 is 0. The van der Waals surface area contributed by atoms with Gasteiger partial charge in [0.25, 0.3) is 0 Å². The van der Waals surface area contributed by atoms with Crippen LogP contribution < -0.4 is 10.6 Å². The summed E-state index contributed by atoms with van der Waals surface area (Å²) in [6.45, 7) is 12.9. The summed E-state index contributed by atoms with van der Waals surface area (Å²) in [6, 6.07) is 0.702. The van der Waals surface area contributed by atoms with Gasteiger partial charge in [-0.1, -0.05) is 27.7 Å². The monoisotopic (exact) mass is 210 g/mol. The number of nitrogens with one attached hydrogen (secondary N) is 2. The third-order valence-electron chi connectivity index (χ3n) is 4.80. The molecular weight excluding hydrogens is 184 g/mol. The van der Waals surface area contributed by atoms with Gasteiger partial charge in [-0.3, -0.25) is 0 Å². The van der Waals surface area contributed by atoms with E-state index < -0.39 is 0 Å². The van der Waals surface area contributed by atoms with Gasteiger partial charge in [-0.2, -0.15) is 0 Å². The molecule has 2 rings (SSSR count). The maximum absolute atomic E-state index is 3.67. The van der Waals surface area contributed by atoms with Crippen molar-refractivity contribution in [2.75, 3.05) is 19.6 Å². The van der Waals surface area contributed by atoms with Crippen molar-refractivity contribution in [1.82, 2.24) is 10.6 Å². The van der Waals surface area contributed by atoms with Crippen molar-refractivity contribution in [3.05, 3.63) is 0 Å². The Balaban J connectivity index is 1.55. The van der Waals surface area contributed by atoms with Gasteiger partial charge in [0.15, 0.2) is 0 Å². The third kappa shape index (κ3) is 2.21. The first-order valence-corrected chi connectivity index (χ1v) is 6.40. The fraction of sp³-hybridized carbons (Fsp3) is 1.00. The van der Waals surface area contributed by atoms with Gasteiger partial charge >= 0.3 is 0 Å². The maximum Gasteiger partial charge on any atom is 0.0181 e. The van der Waals surface area contributed by atoms with E-state index in [2.05, 4.69) is 38.3 Å². The predicted octanol–water partition coefficient (Wildman–Crippen LogP) is 2.01. The maximum atomic E-state index is 3.67. The van der Waals surface area contributed by atoms with Gasteiger partial charge in [0, 0.05) is 19.1 Å². The lowest BCUT2D eigenvalue weighted by molar-refractivity contribution is 0.457. The summed E-state index contributed by atoms with van der Waals surface area (Å²) < 4.78 is 0. The average molecular weight is 210 g/mol. The van der Waals surface area contributed by atoms with Crippen LogP contribution in [0.4, 0.5) is 0 Å². The van der Waals surface area contributed by atoms with Crippen LogP contribution in [-0.4, -0.2) is 25.7 Å². The van der Waals surface area contributed by atoms with E-state index in [1.165, 1.54) is 19.4 Å². The van der Waals surface area contributed by atoms with Crippen molar-refractivity contribution in [3.63, 3.8) is 0 Å². The molecule has 0 atom stereocenters. The smallest absolute Gasteiger partial charge is 0.0181 e. The molecule has 2 N–H and O–H groups in total. The van der Waals surface area contributed by atoms with Crippen LogP contribution in [0.15, 0.2) is 0 Å². The highest BCUT2D eigenvalue weighted by molar-refractivity contribution is 5.17. The van der Waals surface area contributed by atoms with E-state index in [1.807, 2.05) is 0 Å². The molecule has 0 heterocycles. The molecule has 15 heavy (non-hydrogen) atoms. The first-order chi connectivity index (χ1) is 6.96. The van der Waals surface area contributed by atoms with Crippen molar-refractivity contribution in [3.8, 4) is 0 Å². The normalized spacial score (nSPS) is 28.0. The predicted molar refractivity (Wildman–Crippen MR) is 64.9 cm³/mol. The second-order valence-corrected chi connectivity index (χ2v) is 6.48. The van der Waals surface area contributed by atoms with Crippen LogP contribution >= 0.6 is 0 Å². The molecular formula is C13H26N2. The number of hydrogen-bond acceptors (Lipinski definition) is 2. The van der Waals surface area contributed by atoms with Gasteiger partial charge in [0.05, 0.1) is 0 Å². The minimum Gasteiger partial charge on any atom is -0.315 e. The Morgan fingerprint density at radius 1 is 1.00 bits per heavy atom. The summed E-state index contributed by atoms with van der Waals surface area (Å²) in [5, 5.41) is 7.19. The van der Waals surface area contributed by atoms with Crippen molar-refractivity contribution < 1.29 is 0 Å². The van der Waals surface area contributed by atoms with Crippen LogP contribution in [0, 0.1) is 16.7 Å². The topological polar surface area (TPSA) is 24.1 Å².